The van der Waals surface area contributed by atoms with Gasteiger partial charge in [-0.25, -0.2) is 4.79 Å². The van der Waals surface area contributed by atoms with E-state index in [0.717, 1.165) is 12.8 Å². The van der Waals surface area contributed by atoms with Crippen LogP contribution in [0.15, 0.2) is 36.4 Å². The monoisotopic (exact) mass is 395 g/mol. The minimum absolute atomic E-state index is 0.123. The van der Waals surface area contributed by atoms with Crippen molar-refractivity contribution in [2.75, 3.05) is 19.0 Å². The normalized spacial score (nSPS) is 10.3. The molecular formula is C19H19Cl2NO4. The summed E-state index contributed by atoms with van der Waals surface area (Å²) in [6.45, 7) is 2.38. The zero-order chi connectivity index (χ0) is 19.1. The molecule has 0 saturated carbocycles. The van der Waals surface area contributed by atoms with E-state index >= 15 is 0 Å². The van der Waals surface area contributed by atoms with Crippen LogP contribution in [-0.2, 0) is 4.74 Å². The molecule has 0 fully saturated rings. The first-order chi connectivity index (χ1) is 12.5. The molecule has 1 amide bonds. The average Bonchev–Trinajstić information content (AvgIpc) is 2.63. The summed E-state index contributed by atoms with van der Waals surface area (Å²) in [6, 6.07) is 9.54. The van der Waals surface area contributed by atoms with Crippen LogP contribution in [0.3, 0.4) is 0 Å². The molecule has 7 heteroatoms. The van der Waals surface area contributed by atoms with Crippen molar-refractivity contribution in [3.63, 3.8) is 0 Å². The molecule has 138 valence electrons. The van der Waals surface area contributed by atoms with Crippen LogP contribution < -0.4 is 10.1 Å². The van der Waals surface area contributed by atoms with Crippen LogP contribution in [0.2, 0.25) is 10.0 Å². The fourth-order valence-electron chi connectivity index (χ4n) is 2.25. The van der Waals surface area contributed by atoms with E-state index in [1.807, 2.05) is 6.92 Å². The highest BCUT2D eigenvalue weighted by molar-refractivity contribution is 6.37. The van der Waals surface area contributed by atoms with E-state index < -0.39 is 11.9 Å². The summed E-state index contributed by atoms with van der Waals surface area (Å²) >= 11 is 12.2. The number of hydrogen-bond donors (Lipinski definition) is 1. The van der Waals surface area contributed by atoms with Gasteiger partial charge in [-0.1, -0.05) is 42.6 Å². The van der Waals surface area contributed by atoms with Gasteiger partial charge in [-0.15, -0.1) is 0 Å². The van der Waals surface area contributed by atoms with Gasteiger partial charge >= 0.3 is 5.97 Å². The highest BCUT2D eigenvalue weighted by atomic mass is 35.5. The fraction of sp³-hybridized carbons (Fsp3) is 0.263. The third kappa shape index (κ3) is 4.90. The molecule has 0 aliphatic heterocycles. The summed E-state index contributed by atoms with van der Waals surface area (Å²) in [5, 5.41) is 3.17. The minimum Gasteiger partial charge on any atom is -0.494 e. The number of halogens is 2. The Hall–Kier alpha value is -2.24. The van der Waals surface area contributed by atoms with Gasteiger partial charge in [0.25, 0.3) is 5.91 Å². The number of unbranched alkanes of at least 4 members (excludes halogenated alkanes) is 1. The molecule has 2 aromatic carbocycles. The molecule has 0 unspecified atom stereocenters. The van der Waals surface area contributed by atoms with E-state index in [1.54, 1.807) is 24.3 Å². The van der Waals surface area contributed by atoms with E-state index in [0.29, 0.717) is 17.9 Å². The molecule has 26 heavy (non-hydrogen) atoms. The number of carbonyl (C=O) groups is 2. The van der Waals surface area contributed by atoms with Gasteiger partial charge in [0.1, 0.15) is 5.56 Å². The maximum absolute atomic E-state index is 12.6. The number of esters is 1. The van der Waals surface area contributed by atoms with Gasteiger partial charge in [-0.3, -0.25) is 4.79 Å². The Morgan fingerprint density at radius 1 is 1.12 bits per heavy atom. The molecule has 0 bridgehead atoms. The van der Waals surface area contributed by atoms with Gasteiger partial charge in [0.2, 0.25) is 0 Å². The topological polar surface area (TPSA) is 64.6 Å². The molecule has 0 aromatic heterocycles. The summed E-state index contributed by atoms with van der Waals surface area (Å²) < 4.78 is 10.4. The minimum atomic E-state index is -0.495. The SMILES string of the molecule is CCCCOC(=O)c1cccc(NC(=O)c2c(Cl)ccc(Cl)c2OC)c1. The Labute approximate surface area is 162 Å². The van der Waals surface area contributed by atoms with Crippen LogP contribution in [0.5, 0.6) is 5.75 Å². The summed E-state index contributed by atoms with van der Waals surface area (Å²) in [6.07, 6.45) is 1.74. The Balaban J connectivity index is 2.19. The molecule has 0 aliphatic rings. The van der Waals surface area contributed by atoms with Crippen molar-refractivity contribution in [2.45, 2.75) is 19.8 Å². The van der Waals surface area contributed by atoms with Crippen LogP contribution in [0.25, 0.3) is 0 Å². The molecule has 0 saturated heterocycles. The molecule has 0 aliphatic carbocycles. The number of nitrogens with one attached hydrogen (secondary N) is 1. The first-order valence-corrected chi connectivity index (χ1v) is 8.84. The number of amides is 1. The van der Waals surface area contributed by atoms with Crippen molar-refractivity contribution in [1.82, 2.24) is 0 Å². The van der Waals surface area contributed by atoms with Crippen molar-refractivity contribution in [3.05, 3.63) is 57.6 Å². The third-order valence-corrected chi connectivity index (χ3v) is 4.19. The van der Waals surface area contributed by atoms with Crippen molar-refractivity contribution in [1.29, 1.82) is 0 Å². The zero-order valence-electron chi connectivity index (χ0n) is 14.5. The number of anilines is 1. The van der Waals surface area contributed by atoms with Crippen LogP contribution in [0.4, 0.5) is 5.69 Å². The second kappa shape index (κ2) is 9.46. The number of methoxy groups -OCH3 is 1. The summed E-state index contributed by atoms with van der Waals surface area (Å²) in [5.41, 5.74) is 0.902. The number of ether oxygens (including phenoxy) is 2. The van der Waals surface area contributed by atoms with Crippen LogP contribution in [-0.4, -0.2) is 25.6 Å². The predicted molar refractivity (Wildman–Crippen MR) is 103 cm³/mol. The van der Waals surface area contributed by atoms with E-state index in [4.69, 9.17) is 32.7 Å². The lowest BCUT2D eigenvalue weighted by Gasteiger charge is -2.13. The van der Waals surface area contributed by atoms with Crippen LogP contribution in [0.1, 0.15) is 40.5 Å². The van der Waals surface area contributed by atoms with Crippen molar-refractivity contribution < 1.29 is 19.1 Å². The molecule has 2 aromatic rings. The predicted octanol–water partition coefficient (Wildman–Crippen LogP) is 5.21. The maximum atomic E-state index is 12.6. The average molecular weight is 396 g/mol. The largest absolute Gasteiger partial charge is 0.494 e. The van der Waals surface area contributed by atoms with Gasteiger partial charge in [0.15, 0.2) is 5.75 Å². The van der Waals surface area contributed by atoms with Gasteiger partial charge in [0, 0.05) is 5.69 Å². The van der Waals surface area contributed by atoms with Gasteiger partial charge < -0.3 is 14.8 Å². The summed E-state index contributed by atoms with van der Waals surface area (Å²) in [7, 11) is 1.40. The number of carbonyl (C=O) groups excluding carboxylic acids is 2. The third-order valence-electron chi connectivity index (χ3n) is 3.58. The smallest absolute Gasteiger partial charge is 0.338 e. The Morgan fingerprint density at radius 3 is 2.54 bits per heavy atom. The molecule has 1 N–H and O–H groups in total. The van der Waals surface area contributed by atoms with E-state index in [9.17, 15) is 9.59 Å². The Morgan fingerprint density at radius 2 is 1.85 bits per heavy atom. The van der Waals surface area contributed by atoms with Crippen LogP contribution in [0, 0.1) is 0 Å². The fourth-order valence-corrected chi connectivity index (χ4v) is 2.72. The molecule has 0 atom stereocenters. The standard InChI is InChI=1S/C19H19Cl2NO4/c1-3-4-10-26-19(24)12-6-5-7-13(11-12)22-18(23)16-14(20)8-9-15(21)17(16)25-2/h5-9,11H,3-4,10H2,1-2H3,(H,22,23). The van der Waals surface area contributed by atoms with Gasteiger partial charge in [-0.05, 0) is 36.8 Å². The molecule has 0 spiro atoms. The molecular weight excluding hydrogens is 377 g/mol. The maximum Gasteiger partial charge on any atom is 0.338 e. The highest BCUT2D eigenvalue weighted by Gasteiger charge is 2.20. The lowest BCUT2D eigenvalue weighted by Crippen LogP contribution is -2.15. The highest BCUT2D eigenvalue weighted by Crippen LogP contribution is 2.34. The number of benzene rings is 2. The zero-order valence-corrected chi connectivity index (χ0v) is 16.0. The molecule has 2 rings (SSSR count). The first kappa shape index (κ1) is 20.1. The lowest BCUT2D eigenvalue weighted by molar-refractivity contribution is 0.0499. The van der Waals surface area contributed by atoms with Gasteiger partial charge in [-0.2, -0.15) is 0 Å². The van der Waals surface area contributed by atoms with E-state index in [-0.39, 0.29) is 21.4 Å². The Bertz CT molecular complexity index is 808. The molecule has 0 radical (unpaired) electrons. The van der Waals surface area contributed by atoms with Crippen molar-refractivity contribution in [2.24, 2.45) is 0 Å². The molecule has 5 nitrogen and oxygen atoms in total. The van der Waals surface area contributed by atoms with E-state index in [2.05, 4.69) is 5.32 Å². The second-order valence-electron chi connectivity index (χ2n) is 5.46. The van der Waals surface area contributed by atoms with Crippen molar-refractivity contribution in [3.8, 4) is 5.75 Å². The second-order valence-corrected chi connectivity index (χ2v) is 6.28. The number of rotatable bonds is 7. The van der Waals surface area contributed by atoms with E-state index in [1.165, 1.54) is 19.2 Å². The summed E-state index contributed by atoms with van der Waals surface area (Å²) in [5.74, 6) is -0.745. The lowest BCUT2D eigenvalue weighted by atomic mass is 10.1. The first-order valence-electron chi connectivity index (χ1n) is 8.08. The summed E-state index contributed by atoms with van der Waals surface area (Å²) in [4.78, 5) is 24.6. The number of hydrogen-bond acceptors (Lipinski definition) is 4. The van der Waals surface area contributed by atoms with Crippen LogP contribution >= 0.6 is 23.2 Å². The van der Waals surface area contributed by atoms with Gasteiger partial charge in [0.05, 0.1) is 29.3 Å². The molecule has 0 heterocycles. The quantitative estimate of drug-likeness (QED) is 0.515. The Kier molecular flexibility index (Phi) is 7.30. The van der Waals surface area contributed by atoms with Crippen molar-refractivity contribution >= 4 is 40.8 Å².